The quantitative estimate of drug-likeness (QED) is 0.890. The number of benzene rings is 1. The van der Waals surface area contributed by atoms with Crippen LogP contribution in [-0.4, -0.2) is 35.2 Å². The normalized spacial score (nSPS) is 24.6. The standard InChI is InChI=1S/C18H29NO/c1-3-12-19-13-5-10-18(20,11-14-19)15-17-8-6-16(4-2)7-9-17/h6-9,20H,3-5,10-15H2,1-2H3. The molecule has 1 aromatic rings. The molecule has 2 nitrogen and oxygen atoms in total. The Morgan fingerprint density at radius 2 is 1.75 bits per heavy atom. The number of hydrogen-bond acceptors (Lipinski definition) is 2. The lowest BCUT2D eigenvalue weighted by Gasteiger charge is -2.27. The van der Waals surface area contributed by atoms with Crippen molar-refractivity contribution in [2.75, 3.05) is 19.6 Å². The third-order valence-corrected chi connectivity index (χ3v) is 4.51. The molecule has 20 heavy (non-hydrogen) atoms. The summed E-state index contributed by atoms with van der Waals surface area (Å²) in [5.41, 5.74) is 2.14. The molecule has 0 amide bonds. The summed E-state index contributed by atoms with van der Waals surface area (Å²) < 4.78 is 0. The van der Waals surface area contributed by atoms with E-state index >= 15 is 0 Å². The van der Waals surface area contributed by atoms with E-state index in [4.69, 9.17) is 0 Å². The van der Waals surface area contributed by atoms with Crippen LogP contribution in [0.4, 0.5) is 0 Å². The van der Waals surface area contributed by atoms with Crippen molar-refractivity contribution >= 4 is 0 Å². The van der Waals surface area contributed by atoms with E-state index in [0.29, 0.717) is 0 Å². The van der Waals surface area contributed by atoms with Gasteiger partial charge in [0.2, 0.25) is 0 Å². The summed E-state index contributed by atoms with van der Waals surface area (Å²) in [7, 11) is 0. The third kappa shape index (κ3) is 4.32. The molecule has 1 unspecified atom stereocenters. The van der Waals surface area contributed by atoms with Crippen LogP contribution in [0.5, 0.6) is 0 Å². The molecule has 0 aromatic heterocycles. The minimum absolute atomic E-state index is 0.504. The molecule has 1 saturated heterocycles. The molecule has 0 radical (unpaired) electrons. The van der Waals surface area contributed by atoms with Gasteiger partial charge in [0.15, 0.2) is 0 Å². The summed E-state index contributed by atoms with van der Waals surface area (Å²) >= 11 is 0. The van der Waals surface area contributed by atoms with E-state index in [1.807, 2.05) is 0 Å². The Balaban J connectivity index is 1.95. The van der Waals surface area contributed by atoms with E-state index < -0.39 is 5.60 Å². The van der Waals surface area contributed by atoms with Gasteiger partial charge in [0.05, 0.1) is 5.60 Å². The van der Waals surface area contributed by atoms with E-state index in [2.05, 4.69) is 43.0 Å². The topological polar surface area (TPSA) is 23.5 Å². The van der Waals surface area contributed by atoms with Crippen LogP contribution in [0, 0.1) is 0 Å². The molecule has 112 valence electrons. The predicted molar refractivity (Wildman–Crippen MR) is 85.1 cm³/mol. The van der Waals surface area contributed by atoms with Gasteiger partial charge in [-0.1, -0.05) is 38.1 Å². The Kier molecular flexibility index (Phi) is 5.62. The maximum atomic E-state index is 10.9. The van der Waals surface area contributed by atoms with Crippen molar-refractivity contribution in [3.8, 4) is 0 Å². The number of rotatable bonds is 5. The van der Waals surface area contributed by atoms with Crippen LogP contribution in [0.15, 0.2) is 24.3 Å². The van der Waals surface area contributed by atoms with Crippen LogP contribution in [0.3, 0.4) is 0 Å². The first kappa shape index (κ1) is 15.5. The van der Waals surface area contributed by atoms with Gasteiger partial charge in [0.25, 0.3) is 0 Å². The van der Waals surface area contributed by atoms with Gasteiger partial charge in [-0.2, -0.15) is 0 Å². The molecule has 0 bridgehead atoms. The van der Waals surface area contributed by atoms with Gasteiger partial charge in [0, 0.05) is 13.0 Å². The maximum absolute atomic E-state index is 10.9. The monoisotopic (exact) mass is 275 g/mol. The van der Waals surface area contributed by atoms with Crippen LogP contribution in [0.2, 0.25) is 0 Å². The van der Waals surface area contributed by atoms with Crippen LogP contribution in [0.25, 0.3) is 0 Å². The van der Waals surface area contributed by atoms with Crippen molar-refractivity contribution in [1.29, 1.82) is 0 Å². The summed E-state index contributed by atoms with van der Waals surface area (Å²) in [6.45, 7) is 7.76. The fourth-order valence-electron chi connectivity index (χ4n) is 3.22. The van der Waals surface area contributed by atoms with Gasteiger partial charge < -0.3 is 10.0 Å². The first-order chi connectivity index (χ1) is 9.65. The van der Waals surface area contributed by atoms with Crippen molar-refractivity contribution in [2.24, 2.45) is 0 Å². The minimum atomic E-state index is -0.504. The zero-order chi connectivity index (χ0) is 14.4. The Bertz CT molecular complexity index is 400. The molecular formula is C18H29NO. The number of aliphatic hydroxyl groups is 1. The van der Waals surface area contributed by atoms with Crippen LogP contribution in [0.1, 0.15) is 50.7 Å². The van der Waals surface area contributed by atoms with E-state index in [0.717, 1.165) is 45.2 Å². The predicted octanol–water partition coefficient (Wildman–Crippen LogP) is 3.42. The van der Waals surface area contributed by atoms with Crippen molar-refractivity contribution in [2.45, 2.75) is 58.0 Å². The second kappa shape index (κ2) is 7.24. The molecule has 1 aliphatic heterocycles. The van der Waals surface area contributed by atoms with E-state index in [1.165, 1.54) is 24.1 Å². The lowest BCUT2D eigenvalue weighted by molar-refractivity contribution is 0.0257. The summed E-state index contributed by atoms with van der Waals surface area (Å²) in [6.07, 6.45) is 6.04. The van der Waals surface area contributed by atoms with Gasteiger partial charge in [0.1, 0.15) is 0 Å². The van der Waals surface area contributed by atoms with Gasteiger partial charge in [-0.15, -0.1) is 0 Å². The molecule has 2 heteroatoms. The van der Waals surface area contributed by atoms with Gasteiger partial charge in [-0.05, 0) is 56.3 Å². The molecule has 0 saturated carbocycles. The van der Waals surface area contributed by atoms with Crippen LogP contribution >= 0.6 is 0 Å². The third-order valence-electron chi connectivity index (χ3n) is 4.51. The minimum Gasteiger partial charge on any atom is -0.389 e. The largest absolute Gasteiger partial charge is 0.389 e. The average molecular weight is 275 g/mol. The van der Waals surface area contributed by atoms with Crippen molar-refractivity contribution in [3.05, 3.63) is 35.4 Å². The Morgan fingerprint density at radius 3 is 2.40 bits per heavy atom. The summed E-state index contributed by atoms with van der Waals surface area (Å²) in [6, 6.07) is 8.76. The fourth-order valence-corrected chi connectivity index (χ4v) is 3.22. The SMILES string of the molecule is CCCN1CCCC(O)(Cc2ccc(CC)cc2)CC1. The number of aryl methyl sites for hydroxylation is 1. The molecule has 1 fully saturated rings. The molecular weight excluding hydrogens is 246 g/mol. The highest BCUT2D eigenvalue weighted by Crippen LogP contribution is 2.26. The highest BCUT2D eigenvalue weighted by molar-refractivity contribution is 5.23. The second-order valence-corrected chi connectivity index (χ2v) is 6.27. The van der Waals surface area contributed by atoms with Gasteiger partial charge >= 0.3 is 0 Å². The molecule has 1 N–H and O–H groups in total. The van der Waals surface area contributed by atoms with Crippen molar-refractivity contribution < 1.29 is 5.11 Å². The summed E-state index contributed by atoms with van der Waals surface area (Å²) in [5, 5.41) is 10.9. The van der Waals surface area contributed by atoms with Crippen molar-refractivity contribution in [1.82, 2.24) is 4.90 Å². The molecule has 1 aromatic carbocycles. The van der Waals surface area contributed by atoms with Crippen molar-refractivity contribution in [3.63, 3.8) is 0 Å². The molecule has 1 atom stereocenters. The first-order valence-corrected chi connectivity index (χ1v) is 8.18. The van der Waals surface area contributed by atoms with E-state index in [-0.39, 0.29) is 0 Å². The Hall–Kier alpha value is -0.860. The van der Waals surface area contributed by atoms with Crippen LogP contribution < -0.4 is 0 Å². The second-order valence-electron chi connectivity index (χ2n) is 6.27. The van der Waals surface area contributed by atoms with E-state index in [1.54, 1.807) is 0 Å². The maximum Gasteiger partial charge on any atom is 0.0700 e. The average Bonchev–Trinajstić information content (AvgIpc) is 2.63. The van der Waals surface area contributed by atoms with Crippen LogP contribution in [-0.2, 0) is 12.8 Å². The summed E-state index contributed by atoms with van der Waals surface area (Å²) in [4.78, 5) is 2.50. The van der Waals surface area contributed by atoms with Gasteiger partial charge in [-0.25, -0.2) is 0 Å². The molecule has 0 spiro atoms. The highest BCUT2D eigenvalue weighted by Gasteiger charge is 2.30. The highest BCUT2D eigenvalue weighted by atomic mass is 16.3. The smallest absolute Gasteiger partial charge is 0.0700 e. The Labute approximate surface area is 123 Å². The van der Waals surface area contributed by atoms with E-state index in [9.17, 15) is 5.11 Å². The lowest BCUT2D eigenvalue weighted by Crippen LogP contribution is -2.33. The molecule has 0 aliphatic carbocycles. The zero-order valence-corrected chi connectivity index (χ0v) is 13.1. The number of nitrogens with zero attached hydrogens (tertiary/aromatic N) is 1. The molecule has 1 aliphatic rings. The number of hydrogen-bond donors (Lipinski definition) is 1. The molecule has 2 rings (SSSR count). The first-order valence-electron chi connectivity index (χ1n) is 8.18. The molecule has 1 heterocycles. The fraction of sp³-hybridized carbons (Fsp3) is 0.667. The summed E-state index contributed by atoms with van der Waals surface area (Å²) in [5.74, 6) is 0. The number of likely N-dealkylation sites (tertiary alicyclic amines) is 1. The Morgan fingerprint density at radius 1 is 1.05 bits per heavy atom. The lowest BCUT2D eigenvalue weighted by atomic mass is 9.87. The van der Waals surface area contributed by atoms with Gasteiger partial charge in [-0.3, -0.25) is 0 Å². The zero-order valence-electron chi connectivity index (χ0n) is 13.1.